The monoisotopic (exact) mass is 550 g/mol. The van der Waals surface area contributed by atoms with Crippen molar-refractivity contribution < 1.29 is 29.1 Å². The summed E-state index contributed by atoms with van der Waals surface area (Å²) < 4.78 is 0.690. The highest BCUT2D eigenvalue weighted by atomic mass is 32.2. The molecule has 2 aliphatic heterocycles. The fourth-order valence-electron chi connectivity index (χ4n) is 3.31. The number of carboxylic acid groups (broad SMARTS) is 1. The Morgan fingerprint density at radius 3 is 2.97 bits per heavy atom. The first-order chi connectivity index (χ1) is 17.4. The lowest BCUT2D eigenvalue weighted by atomic mass is 10.0. The van der Waals surface area contributed by atoms with Gasteiger partial charge in [0.05, 0.1) is 0 Å². The topological polar surface area (TPSA) is 189 Å². The third-order valence-corrected chi connectivity index (χ3v) is 8.11. The minimum absolute atomic E-state index is 0.0922. The highest BCUT2D eigenvalue weighted by Gasteiger charge is 2.54. The van der Waals surface area contributed by atoms with Gasteiger partial charge in [-0.1, -0.05) is 28.3 Å². The van der Waals surface area contributed by atoms with E-state index in [1.54, 1.807) is 12.4 Å². The number of carbonyl (C=O) groups is 4. The molecule has 3 amide bonds. The summed E-state index contributed by atoms with van der Waals surface area (Å²) in [6.07, 6.45) is 1.74. The molecule has 3 N–H and O–H groups in total. The number of hydrogen-bond acceptors (Lipinski definition) is 13. The molecule has 0 bridgehead atoms. The van der Waals surface area contributed by atoms with Gasteiger partial charge >= 0.3 is 5.97 Å². The number of nitrogens with one attached hydrogen (secondary N) is 2. The third-order valence-electron chi connectivity index (χ3n) is 4.82. The molecule has 1 unspecified atom stereocenters. The van der Waals surface area contributed by atoms with Gasteiger partial charge in [0.15, 0.2) is 10.2 Å². The molecule has 17 heteroatoms. The Balaban J connectivity index is 1.51. The van der Waals surface area contributed by atoms with Crippen LogP contribution in [0.1, 0.15) is 12.7 Å². The van der Waals surface area contributed by atoms with E-state index >= 15 is 0 Å². The van der Waals surface area contributed by atoms with E-state index in [2.05, 4.69) is 36.0 Å². The number of amides is 3. The Kier molecular flexibility index (Phi) is 8.11. The van der Waals surface area contributed by atoms with Gasteiger partial charge in [0.1, 0.15) is 35.0 Å². The number of aromatic nitrogens is 4. The van der Waals surface area contributed by atoms with Gasteiger partial charge in [-0.3, -0.25) is 19.3 Å². The van der Waals surface area contributed by atoms with Crippen molar-refractivity contribution in [3.05, 3.63) is 34.9 Å². The van der Waals surface area contributed by atoms with E-state index in [-0.39, 0.29) is 29.7 Å². The van der Waals surface area contributed by atoms with E-state index in [1.807, 2.05) is 0 Å². The fraction of sp³-hybridized carbons (Fsp3) is 0.316. The number of thioether (sulfide) groups is 2. The molecule has 0 aliphatic carbocycles. The number of aliphatic carboxylic acids is 1. The number of anilines is 1. The van der Waals surface area contributed by atoms with Crippen LogP contribution in [0.25, 0.3) is 0 Å². The molecule has 2 atom stereocenters. The van der Waals surface area contributed by atoms with Gasteiger partial charge in [-0.05, 0) is 18.6 Å². The first-order valence-corrected chi connectivity index (χ1v) is 13.2. The Hall–Kier alpha value is -3.57. The van der Waals surface area contributed by atoms with Crippen molar-refractivity contribution in [1.82, 2.24) is 30.4 Å². The molecule has 2 aromatic heterocycles. The first kappa shape index (κ1) is 25.5. The highest BCUT2D eigenvalue weighted by molar-refractivity contribution is 8.01. The predicted molar refractivity (Wildman–Crippen MR) is 130 cm³/mol. The molecule has 1 fully saturated rings. The summed E-state index contributed by atoms with van der Waals surface area (Å²) in [7, 11) is 0. The molecule has 14 nitrogen and oxygen atoms in total. The van der Waals surface area contributed by atoms with Crippen molar-refractivity contribution in [1.29, 1.82) is 0 Å². The van der Waals surface area contributed by atoms with Crippen molar-refractivity contribution in [2.75, 3.05) is 23.4 Å². The number of oxime groups is 1. The van der Waals surface area contributed by atoms with Gasteiger partial charge < -0.3 is 20.6 Å². The second kappa shape index (κ2) is 11.4. The van der Waals surface area contributed by atoms with Crippen LogP contribution >= 0.6 is 34.9 Å². The number of nitrogens with zero attached hydrogens (tertiary/aromatic N) is 6. The van der Waals surface area contributed by atoms with Crippen LogP contribution in [0.5, 0.6) is 0 Å². The Morgan fingerprint density at radius 1 is 1.44 bits per heavy atom. The number of hydrogen-bond donors (Lipinski definition) is 3. The highest BCUT2D eigenvalue weighted by Crippen LogP contribution is 2.41. The van der Waals surface area contributed by atoms with Crippen molar-refractivity contribution in [3.63, 3.8) is 0 Å². The number of carbonyl (C=O) groups excluding carboxylic acids is 3. The van der Waals surface area contributed by atoms with Gasteiger partial charge in [-0.25, -0.2) is 14.8 Å². The van der Waals surface area contributed by atoms with Crippen LogP contribution < -0.4 is 10.6 Å². The summed E-state index contributed by atoms with van der Waals surface area (Å²) in [5.41, 5.74) is 1.76. The lowest BCUT2D eigenvalue weighted by Crippen LogP contribution is -2.71. The van der Waals surface area contributed by atoms with Crippen LogP contribution in [0.2, 0.25) is 0 Å². The quantitative estimate of drug-likeness (QED) is 0.113. The second-order valence-electron chi connectivity index (χ2n) is 7.00. The molecule has 0 radical (unpaired) electrons. The third kappa shape index (κ3) is 5.31. The van der Waals surface area contributed by atoms with Crippen LogP contribution in [-0.4, -0.2) is 89.6 Å². The first-order valence-electron chi connectivity index (χ1n) is 10.3. The average molecular weight is 551 g/mol. The zero-order chi connectivity index (χ0) is 25.7. The zero-order valence-corrected chi connectivity index (χ0v) is 20.9. The van der Waals surface area contributed by atoms with Gasteiger partial charge in [0.25, 0.3) is 11.8 Å². The molecule has 1 saturated heterocycles. The van der Waals surface area contributed by atoms with Gasteiger partial charge in [-0.15, -0.1) is 22.0 Å². The summed E-state index contributed by atoms with van der Waals surface area (Å²) >= 11 is 4.02. The van der Waals surface area contributed by atoms with Crippen LogP contribution in [0.15, 0.2) is 38.5 Å². The van der Waals surface area contributed by atoms with Gasteiger partial charge in [0, 0.05) is 17.7 Å². The maximum absolute atomic E-state index is 13.0. The summed E-state index contributed by atoms with van der Waals surface area (Å²) in [6, 6.07) is 0.429. The smallest absolute Gasteiger partial charge is 0.352 e. The van der Waals surface area contributed by atoms with Crippen LogP contribution in [0, 0.1) is 0 Å². The van der Waals surface area contributed by atoms with E-state index in [1.165, 1.54) is 52.0 Å². The summed E-state index contributed by atoms with van der Waals surface area (Å²) in [6.45, 7) is 1.82. The predicted octanol–water partition coefficient (Wildman–Crippen LogP) is 0.168. The van der Waals surface area contributed by atoms with E-state index in [0.717, 1.165) is 0 Å². The van der Waals surface area contributed by atoms with E-state index < -0.39 is 29.2 Å². The Labute approximate surface area is 216 Å². The molecule has 188 valence electrons. The largest absolute Gasteiger partial charge is 0.477 e. The average Bonchev–Trinajstić information content (AvgIpc) is 3.39. The molecular weight excluding hydrogens is 532 g/mol. The van der Waals surface area contributed by atoms with Crippen LogP contribution in [0.3, 0.4) is 0 Å². The molecule has 36 heavy (non-hydrogen) atoms. The minimum Gasteiger partial charge on any atom is -0.477 e. The van der Waals surface area contributed by atoms with Crippen molar-refractivity contribution in [3.8, 4) is 0 Å². The maximum Gasteiger partial charge on any atom is 0.352 e. The Bertz CT molecular complexity index is 1240. The second-order valence-corrected chi connectivity index (χ2v) is 10.2. The summed E-state index contributed by atoms with van der Waals surface area (Å²) in [5.74, 6) is -1.88. The van der Waals surface area contributed by atoms with Crippen LogP contribution in [0.4, 0.5) is 5.82 Å². The van der Waals surface area contributed by atoms with E-state index in [0.29, 0.717) is 27.8 Å². The van der Waals surface area contributed by atoms with Gasteiger partial charge in [0.2, 0.25) is 12.1 Å². The van der Waals surface area contributed by atoms with Crippen molar-refractivity contribution >= 4 is 70.6 Å². The van der Waals surface area contributed by atoms with E-state index in [9.17, 15) is 24.3 Å². The zero-order valence-electron chi connectivity index (χ0n) is 18.5. The minimum atomic E-state index is -1.22. The van der Waals surface area contributed by atoms with Crippen molar-refractivity contribution in [2.45, 2.75) is 22.7 Å². The van der Waals surface area contributed by atoms with Crippen molar-refractivity contribution in [2.24, 2.45) is 5.16 Å². The molecule has 2 aliphatic rings. The summed E-state index contributed by atoms with van der Waals surface area (Å²) in [5, 5.41) is 25.6. The standard InChI is InChI=1S/C19H18N8O6S3/c1-2-33-26-11(14-20-4-3-10(23-14)21-7-28)15(29)24-12-16(30)27-13(18(31)32)9(5-34-17(12)27)6-35-19-25-22-8-36-19/h3-4,7-8,12,17H,2,5-6H2,1H3,(H,24,29)(H,31,32)(H,20,21,23,28)/t12?,17-/m0/s1. The molecule has 4 heterocycles. The number of carboxylic acids is 1. The SMILES string of the molecule is CCON=C(C(=O)NC1C(=O)N2C(C(=O)O)=C(CSc3nncs3)CS[C@@H]12)c1nccc(NC=O)n1. The molecule has 0 aromatic carbocycles. The number of β-lactam (4-membered cyclic amide) rings is 1. The maximum atomic E-state index is 13.0. The molecule has 2 aromatic rings. The molecular formula is C19H18N8O6S3. The molecule has 4 rings (SSSR count). The molecule has 0 spiro atoms. The Morgan fingerprint density at radius 2 is 2.28 bits per heavy atom. The lowest BCUT2D eigenvalue weighted by Gasteiger charge is -2.49. The van der Waals surface area contributed by atoms with E-state index in [4.69, 9.17) is 4.84 Å². The normalized spacial score (nSPS) is 19.3. The molecule has 0 saturated carbocycles. The van der Waals surface area contributed by atoms with Crippen LogP contribution in [-0.2, 0) is 24.0 Å². The number of rotatable bonds is 11. The van der Waals surface area contributed by atoms with Gasteiger partial charge in [-0.2, -0.15) is 0 Å². The number of fused-ring (bicyclic) bond motifs is 1. The fourth-order valence-corrected chi connectivity index (χ4v) is 6.28. The summed E-state index contributed by atoms with van der Waals surface area (Å²) in [4.78, 5) is 63.0. The lowest BCUT2D eigenvalue weighted by molar-refractivity contribution is -0.150.